The summed E-state index contributed by atoms with van der Waals surface area (Å²) in [6, 6.07) is 9.95. The third-order valence-corrected chi connectivity index (χ3v) is 4.52. The van der Waals surface area contributed by atoms with E-state index in [9.17, 15) is 0 Å². The molecular formula is C15H12BrClN2. The lowest BCUT2D eigenvalue weighted by Crippen LogP contribution is -1.90. The van der Waals surface area contributed by atoms with Crippen LogP contribution in [0.2, 0.25) is 5.02 Å². The Bertz CT molecular complexity index is 777. The topological polar surface area (TPSA) is 41.8 Å². The first kappa shape index (κ1) is 12.6. The van der Waals surface area contributed by atoms with Gasteiger partial charge >= 0.3 is 0 Å². The van der Waals surface area contributed by atoms with Crippen LogP contribution >= 0.6 is 27.5 Å². The standard InChI is InChI=1S/C15H12BrClN2/c1-8-2-4-12(18)9(6-8)10-7-19-13-5-3-11(16)15(17)14(10)13/h2-7,19H,18H2,1H3. The smallest absolute Gasteiger partial charge is 0.0648 e. The molecule has 1 aromatic heterocycles. The van der Waals surface area contributed by atoms with Gasteiger partial charge in [0.15, 0.2) is 0 Å². The second-order valence-electron chi connectivity index (χ2n) is 4.58. The molecule has 96 valence electrons. The predicted octanol–water partition coefficient (Wildman–Crippen LogP) is 5.14. The van der Waals surface area contributed by atoms with Crippen LogP contribution in [-0.4, -0.2) is 4.98 Å². The lowest BCUT2D eigenvalue weighted by Gasteiger charge is -2.07. The molecule has 2 nitrogen and oxygen atoms in total. The molecular weight excluding hydrogens is 324 g/mol. The van der Waals surface area contributed by atoms with E-state index in [0.717, 1.165) is 32.2 Å². The van der Waals surface area contributed by atoms with Crippen molar-refractivity contribution in [1.29, 1.82) is 0 Å². The molecule has 0 aliphatic carbocycles. The van der Waals surface area contributed by atoms with Crippen molar-refractivity contribution < 1.29 is 0 Å². The summed E-state index contributed by atoms with van der Waals surface area (Å²) in [6.07, 6.45) is 1.95. The summed E-state index contributed by atoms with van der Waals surface area (Å²) in [5.74, 6) is 0. The molecule has 0 aliphatic rings. The first-order chi connectivity index (χ1) is 9.08. The third kappa shape index (κ3) is 2.03. The Morgan fingerprint density at radius 2 is 1.95 bits per heavy atom. The first-order valence-corrected chi connectivity index (χ1v) is 7.06. The van der Waals surface area contributed by atoms with Gasteiger partial charge in [0, 0.05) is 38.4 Å². The van der Waals surface area contributed by atoms with Crippen LogP contribution in [0.15, 0.2) is 41.0 Å². The molecule has 3 N–H and O–H groups in total. The van der Waals surface area contributed by atoms with E-state index in [1.165, 1.54) is 5.56 Å². The summed E-state index contributed by atoms with van der Waals surface area (Å²) in [4.78, 5) is 3.24. The van der Waals surface area contributed by atoms with Gasteiger partial charge in [-0.1, -0.05) is 23.2 Å². The van der Waals surface area contributed by atoms with Crippen molar-refractivity contribution in [3.63, 3.8) is 0 Å². The number of fused-ring (bicyclic) bond motifs is 1. The Hall–Kier alpha value is -1.45. The molecule has 3 rings (SSSR count). The van der Waals surface area contributed by atoms with Crippen LogP contribution in [0.25, 0.3) is 22.0 Å². The molecule has 0 atom stereocenters. The Balaban J connectivity index is 2.37. The highest BCUT2D eigenvalue weighted by molar-refractivity contribution is 9.10. The minimum absolute atomic E-state index is 0.703. The zero-order valence-electron chi connectivity index (χ0n) is 10.3. The normalized spacial score (nSPS) is 11.1. The number of hydrogen-bond donors (Lipinski definition) is 2. The van der Waals surface area contributed by atoms with Crippen LogP contribution in [-0.2, 0) is 0 Å². The number of H-pyrrole nitrogens is 1. The molecule has 19 heavy (non-hydrogen) atoms. The summed E-state index contributed by atoms with van der Waals surface area (Å²) >= 11 is 9.87. The summed E-state index contributed by atoms with van der Waals surface area (Å²) < 4.78 is 0.883. The molecule has 0 aliphatic heterocycles. The highest BCUT2D eigenvalue weighted by Crippen LogP contribution is 2.39. The number of nitrogens with one attached hydrogen (secondary N) is 1. The Morgan fingerprint density at radius 1 is 1.16 bits per heavy atom. The largest absolute Gasteiger partial charge is 0.398 e. The first-order valence-electron chi connectivity index (χ1n) is 5.89. The number of rotatable bonds is 1. The average Bonchev–Trinajstić information content (AvgIpc) is 2.81. The lowest BCUT2D eigenvalue weighted by molar-refractivity contribution is 1.45. The van der Waals surface area contributed by atoms with Gasteiger partial charge in [-0.25, -0.2) is 0 Å². The van der Waals surface area contributed by atoms with E-state index in [-0.39, 0.29) is 0 Å². The number of aromatic nitrogens is 1. The SMILES string of the molecule is Cc1ccc(N)c(-c2c[nH]c3ccc(Br)c(Cl)c23)c1. The monoisotopic (exact) mass is 334 g/mol. The van der Waals surface area contributed by atoms with Crippen LogP contribution in [0.3, 0.4) is 0 Å². The van der Waals surface area contributed by atoms with Crippen LogP contribution in [0.1, 0.15) is 5.56 Å². The van der Waals surface area contributed by atoms with Crippen molar-refractivity contribution >= 4 is 44.1 Å². The average molecular weight is 336 g/mol. The predicted molar refractivity (Wildman–Crippen MR) is 85.6 cm³/mol. The molecule has 0 saturated heterocycles. The van der Waals surface area contributed by atoms with E-state index in [4.69, 9.17) is 17.3 Å². The fourth-order valence-corrected chi connectivity index (χ4v) is 2.87. The van der Waals surface area contributed by atoms with Crippen LogP contribution in [0, 0.1) is 6.92 Å². The Morgan fingerprint density at radius 3 is 2.74 bits per heavy atom. The van der Waals surface area contributed by atoms with E-state index in [1.807, 2.05) is 30.5 Å². The second-order valence-corrected chi connectivity index (χ2v) is 5.81. The maximum Gasteiger partial charge on any atom is 0.0648 e. The van der Waals surface area contributed by atoms with Gasteiger partial charge in [-0.15, -0.1) is 0 Å². The maximum absolute atomic E-state index is 6.41. The van der Waals surface area contributed by atoms with Crippen molar-refractivity contribution in [1.82, 2.24) is 4.98 Å². The number of hydrogen-bond acceptors (Lipinski definition) is 1. The van der Waals surface area contributed by atoms with E-state index in [0.29, 0.717) is 5.02 Å². The van der Waals surface area contributed by atoms with Gasteiger partial charge in [-0.05, 0) is 47.1 Å². The molecule has 1 heterocycles. The number of anilines is 1. The molecule has 0 saturated carbocycles. The van der Waals surface area contributed by atoms with E-state index in [1.54, 1.807) is 0 Å². The van der Waals surface area contributed by atoms with Crippen molar-refractivity contribution in [2.45, 2.75) is 6.92 Å². The number of nitrogens with two attached hydrogens (primary N) is 1. The van der Waals surface area contributed by atoms with E-state index in [2.05, 4.69) is 33.9 Å². The molecule has 0 spiro atoms. The summed E-state index contributed by atoms with van der Waals surface area (Å²) in [7, 11) is 0. The van der Waals surface area contributed by atoms with Gasteiger partial charge in [0.1, 0.15) is 0 Å². The third-order valence-electron chi connectivity index (χ3n) is 3.24. The van der Waals surface area contributed by atoms with Crippen molar-refractivity contribution in [3.05, 3.63) is 51.6 Å². The zero-order chi connectivity index (χ0) is 13.6. The fraction of sp³-hybridized carbons (Fsp3) is 0.0667. The Labute approximate surface area is 124 Å². The molecule has 0 radical (unpaired) electrons. The van der Waals surface area contributed by atoms with Gasteiger partial charge in [0.05, 0.1) is 5.02 Å². The molecule has 0 unspecified atom stereocenters. The summed E-state index contributed by atoms with van der Waals surface area (Å²) in [6.45, 7) is 2.05. The van der Waals surface area contributed by atoms with Gasteiger partial charge in [0.2, 0.25) is 0 Å². The van der Waals surface area contributed by atoms with Gasteiger partial charge in [-0.2, -0.15) is 0 Å². The van der Waals surface area contributed by atoms with Crippen molar-refractivity contribution in [2.24, 2.45) is 0 Å². The van der Waals surface area contributed by atoms with Crippen LogP contribution in [0.5, 0.6) is 0 Å². The van der Waals surface area contributed by atoms with E-state index < -0.39 is 0 Å². The molecule has 0 fully saturated rings. The highest BCUT2D eigenvalue weighted by atomic mass is 79.9. The summed E-state index contributed by atoms with van der Waals surface area (Å²) in [5.41, 5.74) is 11.1. The van der Waals surface area contributed by atoms with Gasteiger partial charge in [0.25, 0.3) is 0 Å². The molecule has 4 heteroatoms. The van der Waals surface area contributed by atoms with Crippen molar-refractivity contribution in [3.8, 4) is 11.1 Å². The number of halogens is 2. The minimum atomic E-state index is 0.703. The molecule has 2 aromatic carbocycles. The number of aryl methyl sites for hydroxylation is 1. The van der Waals surface area contributed by atoms with Gasteiger partial charge < -0.3 is 10.7 Å². The van der Waals surface area contributed by atoms with Crippen molar-refractivity contribution in [2.75, 3.05) is 5.73 Å². The fourth-order valence-electron chi connectivity index (χ4n) is 2.27. The van der Waals surface area contributed by atoms with E-state index >= 15 is 0 Å². The minimum Gasteiger partial charge on any atom is -0.398 e. The number of nitrogen functional groups attached to an aromatic ring is 1. The number of benzene rings is 2. The Kier molecular flexibility index (Phi) is 3.03. The zero-order valence-corrected chi connectivity index (χ0v) is 12.6. The molecule has 3 aromatic rings. The quantitative estimate of drug-likeness (QED) is 0.594. The highest BCUT2D eigenvalue weighted by Gasteiger charge is 2.13. The lowest BCUT2D eigenvalue weighted by atomic mass is 10.0. The number of aromatic amines is 1. The second kappa shape index (κ2) is 4.58. The molecule has 0 bridgehead atoms. The van der Waals surface area contributed by atoms with Gasteiger partial charge in [-0.3, -0.25) is 0 Å². The summed E-state index contributed by atoms with van der Waals surface area (Å²) in [5, 5.41) is 1.70. The van der Waals surface area contributed by atoms with Crippen LogP contribution in [0.4, 0.5) is 5.69 Å². The van der Waals surface area contributed by atoms with Crippen LogP contribution < -0.4 is 5.73 Å². The maximum atomic E-state index is 6.41. The molecule has 0 amide bonds.